The molecule has 1 atom stereocenters. The van der Waals surface area contributed by atoms with Crippen LogP contribution in [0.25, 0.3) is 0 Å². The Morgan fingerprint density at radius 3 is 3.12 bits per heavy atom. The molecule has 0 fully saturated rings. The molecule has 0 saturated carbocycles. The Hall–Kier alpha value is -1.62. The minimum absolute atomic E-state index is 0.103. The van der Waals surface area contributed by atoms with Crippen molar-refractivity contribution in [3.63, 3.8) is 0 Å². The number of carbonyl (C=O) groups excluding carboxylic acids is 1. The zero-order valence-electron chi connectivity index (χ0n) is 9.57. The van der Waals surface area contributed by atoms with Gasteiger partial charge >= 0.3 is 5.97 Å². The molecule has 0 aliphatic heterocycles. The van der Waals surface area contributed by atoms with Crippen LogP contribution in [-0.4, -0.2) is 21.9 Å². The second-order valence-electron chi connectivity index (χ2n) is 3.75. The molecule has 0 N–H and O–H groups in total. The van der Waals surface area contributed by atoms with Gasteiger partial charge in [-0.15, -0.1) is 11.3 Å². The standard InChI is InChI=1S/C12H14N2O2S/c1-10(5-8-14-7-3-6-13-14)16-12(15)11-4-2-9-17-11/h2-4,6-7,9-10H,5,8H2,1H3/t10-/m1/s1. The van der Waals surface area contributed by atoms with Crippen LogP contribution in [-0.2, 0) is 11.3 Å². The lowest BCUT2D eigenvalue weighted by atomic mass is 10.3. The second kappa shape index (κ2) is 5.63. The Bertz CT molecular complexity index is 451. The van der Waals surface area contributed by atoms with Crippen LogP contribution in [0.1, 0.15) is 23.0 Å². The van der Waals surface area contributed by atoms with E-state index in [2.05, 4.69) is 5.10 Å². The maximum atomic E-state index is 11.6. The van der Waals surface area contributed by atoms with Gasteiger partial charge in [0.25, 0.3) is 0 Å². The molecule has 0 saturated heterocycles. The first-order valence-corrected chi connectivity index (χ1v) is 6.35. The molecule has 5 heteroatoms. The van der Waals surface area contributed by atoms with E-state index in [1.165, 1.54) is 11.3 Å². The van der Waals surface area contributed by atoms with Crippen LogP contribution in [0.15, 0.2) is 36.0 Å². The smallest absolute Gasteiger partial charge is 0.348 e. The molecule has 2 aromatic rings. The van der Waals surface area contributed by atoms with E-state index in [1.54, 1.807) is 12.3 Å². The molecule has 0 aliphatic carbocycles. The first-order valence-electron chi connectivity index (χ1n) is 5.47. The lowest BCUT2D eigenvalue weighted by molar-refractivity contribution is 0.0320. The Labute approximate surface area is 104 Å². The summed E-state index contributed by atoms with van der Waals surface area (Å²) in [7, 11) is 0. The predicted molar refractivity (Wildman–Crippen MR) is 66.0 cm³/mol. The van der Waals surface area contributed by atoms with Gasteiger partial charge in [0.1, 0.15) is 11.0 Å². The fourth-order valence-corrected chi connectivity index (χ4v) is 2.05. The molecule has 2 heterocycles. The largest absolute Gasteiger partial charge is 0.458 e. The third kappa shape index (κ3) is 3.42. The van der Waals surface area contributed by atoms with E-state index < -0.39 is 0 Å². The van der Waals surface area contributed by atoms with E-state index in [4.69, 9.17) is 4.74 Å². The Kier molecular flexibility index (Phi) is 3.93. The van der Waals surface area contributed by atoms with E-state index in [-0.39, 0.29) is 12.1 Å². The van der Waals surface area contributed by atoms with Crippen LogP contribution >= 0.6 is 11.3 Å². The SMILES string of the molecule is C[C@H](CCn1cccn1)OC(=O)c1cccs1. The fourth-order valence-electron chi connectivity index (χ4n) is 1.44. The molecule has 0 bridgehead atoms. The molecule has 0 aromatic carbocycles. The Balaban J connectivity index is 1.77. The third-order valence-corrected chi connectivity index (χ3v) is 3.20. The van der Waals surface area contributed by atoms with Gasteiger partial charge < -0.3 is 4.74 Å². The summed E-state index contributed by atoms with van der Waals surface area (Å²) in [5.41, 5.74) is 0. The van der Waals surface area contributed by atoms with Gasteiger partial charge in [-0.25, -0.2) is 4.79 Å². The number of esters is 1. The summed E-state index contributed by atoms with van der Waals surface area (Å²) < 4.78 is 7.15. The maximum Gasteiger partial charge on any atom is 0.348 e. The summed E-state index contributed by atoms with van der Waals surface area (Å²) in [4.78, 5) is 12.3. The monoisotopic (exact) mass is 250 g/mol. The molecule has 2 rings (SSSR count). The van der Waals surface area contributed by atoms with E-state index in [1.807, 2.05) is 35.3 Å². The molecule has 90 valence electrons. The number of aromatic nitrogens is 2. The maximum absolute atomic E-state index is 11.6. The van der Waals surface area contributed by atoms with Crippen molar-refractivity contribution >= 4 is 17.3 Å². The molecule has 0 unspecified atom stereocenters. The molecule has 0 aliphatic rings. The van der Waals surface area contributed by atoms with E-state index in [0.29, 0.717) is 4.88 Å². The number of aryl methyl sites for hydroxylation is 1. The molecular weight excluding hydrogens is 236 g/mol. The number of carbonyl (C=O) groups is 1. The van der Waals surface area contributed by atoms with Gasteiger partial charge in [0, 0.05) is 25.4 Å². The highest BCUT2D eigenvalue weighted by Gasteiger charge is 2.12. The molecule has 0 amide bonds. The predicted octanol–water partition coefficient (Wildman–Crippen LogP) is 2.58. The Morgan fingerprint density at radius 1 is 1.59 bits per heavy atom. The van der Waals surface area contributed by atoms with E-state index in [0.717, 1.165) is 13.0 Å². The van der Waals surface area contributed by atoms with Crippen molar-refractivity contribution in [3.05, 3.63) is 40.8 Å². The molecule has 0 radical (unpaired) electrons. The molecule has 4 nitrogen and oxygen atoms in total. The highest BCUT2D eigenvalue weighted by atomic mass is 32.1. The lowest BCUT2D eigenvalue weighted by Crippen LogP contribution is -2.16. The van der Waals surface area contributed by atoms with Crippen LogP contribution in [0, 0.1) is 0 Å². The Morgan fingerprint density at radius 2 is 2.47 bits per heavy atom. The summed E-state index contributed by atoms with van der Waals surface area (Å²) in [5.74, 6) is -0.243. The van der Waals surface area contributed by atoms with Gasteiger partial charge in [-0.1, -0.05) is 6.07 Å². The summed E-state index contributed by atoms with van der Waals surface area (Å²) in [6.07, 6.45) is 4.29. The van der Waals surface area contributed by atoms with Gasteiger partial charge in [0.05, 0.1) is 0 Å². The molecule has 17 heavy (non-hydrogen) atoms. The van der Waals surface area contributed by atoms with Crippen molar-refractivity contribution in [1.82, 2.24) is 9.78 Å². The molecule has 2 aromatic heterocycles. The highest BCUT2D eigenvalue weighted by Crippen LogP contribution is 2.12. The van der Waals surface area contributed by atoms with Crippen molar-refractivity contribution in [3.8, 4) is 0 Å². The van der Waals surface area contributed by atoms with Crippen LogP contribution in [0.2, 0.25) is 0 Å². The van der Waals surface area contributed by atoms with E-state index in [9.17, 15) is 4.79 Å². The number of rotatable bonds is 5. The van der Waals surface area contributed by atoms with Crippen molar-refractivity contribution < 1.29 is 9.53 Å². The normalized spacial score (nSPS) is 12.3. The zero-order valence-corrected chi connectivity index (χ0v) is 10.4. The van der Waals surface area contributed by atoms with Crippen molar-refractivity contribution in [2.24, 2.45) is 0 Å². The van der Waals surface area contributed by atoms with Crippen LogP contribution < -0.4 is 0 Å². The first-order chi connectivity index (χ1) is 8.25. The molecule has 0 spiro atoms. The van der Waals surface area contributed by atoms with Gasteiger partial charge in [-0.2, -0.15) is 5.10 Å². The molecular formula is C12H14N2O2S. The minimum Gasteiger partial charge on any atom is -0.458 e. The van der Waals surface area contributed by atoms with Gasteiger partial charge in [-0.05, 0) is 24.4 Å². The third-order valence-electron chi connectivity index (χ3n) is 2.35. The number of hydrogen-bond acceptors (Lipinski definition) is 4. The zero-order chi connectivity index (χ0) is 12.1. The highest BCUT2D eigenvalue weighted by molar-refractivity contribution is 7.11. The summed E-state index contributed by atoms with van der Waals surface area (Å²) >= 11 is 1.40. The minimum atomic E-state index is -0.243. The van der Waals surface area contributed by atoms with Crippen LogP contribution in [0.3, 0.4) is 0 Å². The average Bonchev–Trinajstić information content (AvgIpc) is 2.99. The van der Waals surface area contributed by atoms with Gasteiger partial charge in [0.15, 0.2) is 0 Å². The van der Waals surface area contributed by atoms with Crippen molar-refractivity contribution in [2.45, 2.75) is 26.0 Å². The van der Waals surface area contributed by atoms with Crippen molar-refractivity contribution in [1.29, 1.82) is 0 Å². The van der Waals surface area contributed by atoms with E-state index >= 15 is 0 Å². The van der Waals surface area contributed by atoms with Gasteiger partial charge in [-0.3, -0.25) is 4.68 Å². The first kappa shape index (κ1) is 11.9. The summed E-state index contributed by atoms with van der Waals surface area (Å²) in [5, 5.41) is 5.96. The number of hydrogen-bond donors (Lipinski definition) is 0. The summed E-state index contributed by atoms with van der Waals surface area (Å²) in [6, 6.07) is 5.49. The van der Waals surface area contributed by atoms with Crippen molar-refractivity contribution in [2.75, 3.05) is 0 Å². The quantitative estimate of drug-likeness (QED) is 0.766. The number of thiophene rings is 1. The summed E-state index contributed by atoms with van der Waals surface area (Å²) in [6.45, 7) is 2.65. The van der Waals surface area contributed by atoms with Gasteiger partial charge in [0.2, 0.25) is 0 Å². The topological polar surface area (TPSA) is 44.1 Å². The average molecular weight is 250 g/mol. The lowest BCUT2D eigenvalue weighted by Gasteiger charge is -2.12. The van der Waals surface area contributed by atoms with Crippen LogP contribution in [0.5, 0.6) is 0 Å². The van der Waals surface area contributed by atoms with Crippen LogP contribution in [0.4, 0.5) is 0 Å². The number of ether oxygens (including phenoxy) is 1. The number of nitrogens with zero attached hydrogens (tertiary/aromatic N) is 2. The fraction of sp³-hybridized carbons (Fsp3) is 0.333. The second-order valence-corrected chi connectivity index (χ2v) is 4.70.